The summed E-state index contributed by atoms with van der Waals surface area (Å²) in [7, 11) is 0. The van der Waals surface area contributed by atoms with Crippen molar-refractivity contribution < 1.29 is 18.3 Å². The van der Waals surface area contributed by atoms with Gasteiger partial charge in [0.2, 0.25) is 5.91 Å². The lowest BCUT2D eigenvalue weighted by atomic mass is 10.0. The predicted molar refractivity (Wildman–Crippen MR) is 162 cm³/mol. The largest absolute Gasteiger partial charge is 0.491 e. The molecule has 3 aromatic carbocycles. The van der Waals surface area contributed by atoms with E-state index in [0.717, 1.165) is 45.7 Å². The van der Waals surface area contributed by atoms with Gasteiger partial charge in [-0.15, -0.1) is 0 Å². The SMILES string of the molecule is C=CC(=O)Nc1cc2c(Nc3cccc(-c4c(F)cccc4F)c3)ncnc2cc1OCCCN1CCN(CC)CC1. The molecule has 0 unspecified atom stereocenters. The number of rotatable bonds is 11. The molecule has 0 radical (unpaired) electrons. The lowest BCUT2D eigenvalue weighted by Gasteiger charge is -2.33. The maximum absolute atomic E-state index is 14.4. The Morgan fingerprint density at radius 1 is 1.02 bits per heavy atom. The van der Waals surface area contributed by atoms with E-state index in [1.807, 2.05) is 0 Å². The van der Waals surface area contributed by atoms with Crippen molar-refractivity contribution in [3.63, 3.8) is 0 Å². The molecule has 1 amide bonds. The summed E-state index contributed by atoms with van der Waals surface area (Å²) in [6.45, 7) is 12.5. The lowest BCUT2D eigenvalue weighted by Crippen LogP contribution is -2.46. The Balaban J connectivity index is 1.36. The zero-order valence-corrected chi connectivity index (χ0v) is 23.6. The normalized spacial score (nSPS) is 14.1. The van der Waals surface area contributed by atoms with Gasteiger partial charge >= 0.3 is 0 Å². The third kappa shape index (κ3) is 6.89. The maximum Gasteiger partial charge on any atom is 0.247 e. The van der Waals surface area contributed by atoms with Crippen LogP contribution in [-0.2, 0) is 4.79 Å². The van der Waals surface area contributed by atoms with Gasteiger partial charge in [-0.25, -0.2) is 18.7 Å². The Labute approximate surface area is 244 Å². The van der Waals surface area contributed by atoms with Crippen LogP contribution in [0.15, 0.2) is 73.6 Å². The number of fused-ring (bicyclic) bond motifs is 1. The van der Waals surface area contributed by atoms with Gasteiger partial charge in [0.15, 0.2) is 0 Å². The number of ether oxygens (including phenoxy) is 1. The van der Waals surface area contributed by atoms with Crippen LogP contribution in [0.25, 0.3) is 22.0 Å². The van der Waals surface area contributed by atoms with E-state index in [1.165, 1.54) is 30.6 Å². The topological polar surface area (TPSA) is 82.6 Å². The fourth-order valence-electron chi connectivity index (χ4n) is 5.05. The molecular weight excluding hydrogens is 538 g/mol. The van der Waals surface area contributed by atoms with Crippen LogP contribution < -0.4 is 15.4 Å². The second-order valence-electron chi connectivity index (χ2n) is 10.1. The number of carbonyl (C=O) groups excluding carboxylic acids is 1. The summed E-state index contributed by atoms with van der Waals surface area (Å²) in [5, 5.41) is 6.68. The van der Waals surface area contributed by atoms with Gasteiger partial charge < -0.3 is 25.2 Å². The first kappa shape index (κ1) is 29.1. The average Bonchev–Trinajstić information content (AvgIpc) is 3.00. The van der Waals surface area contributed by atoms with Gasteiger partial charge in [0.1, 0.15) is 29.5 Å². The molecule has 0 spiro atoms. The van der Waals surface area contributed by atoms with Crippen LogP contribution in [0.2, 0.25) is 0 Å². The van der Waals surface area contributed by atoms with Crippen molar-refractivity contribution in [3.8, 4) is 16.9 Å². The molecule has 218 valence electrons. The zero-order valence-electron chi connectivity index (χ0n) is 23.6. The van der Waals surface area contributed by atoms with Crippen LogP contribution in [0.3, 0.4) is 0 Å². The molecule has 1 fully saturated rings. The van der Waals surface area contributed by atoms with Crippen molar-refractivity contribution in [1.82, 2.24) is 19.8 Å². The number of hydrogen-bond acceptors (Lipinski definition) is 7. The highest BCUT2D eigenvalue weighted by Crippen LogP contribution is 2.34. The van der Waals surface area contributed by atoms with Crippen LogP contribution in [0.1, 0.15) is 13.3 Å². The van der Waals surface area contributed by atoms with Crippen molar-refractivity contribution in [1.29, 1.82) is 0 Å². The molecule has 2 N–H and O–H groups in total. The first-order valence-corrected chi connectivity index (χ1v) is 14.1. The number of hydrogen-bond donors (Lipinski definition) is 2. The summed E-state index contributed by atoms with van der Waals surface area (Å²) in [6.07, 6.45) is 3.46. The highest BCUT2D eigenvalue weighted by Gasteiger charge is 2.17. The molecule has 2 heterocycles. The number of anilines is 3. The summed E-state index contributed by atoms with van der Waals surface area (Å²) in [6, 6.07) is 14.1. The molecule has 1 aromatic heterocycles. The number of likely N-dealkylation sites (N-methyl/N-ethyl adjacent to an activating group) is 1. The Kier molecular flexibility index (Phi) is 9.35. The molecule has 0 bridgehead atoms. The minimum absolute atomic E-state index is 0.104. The smallest absolute Gasteiger partial charge is 0.247 e. The molecule has 8 nitrogen and oxygen atoms in total. The number of nitrogens with one attached hydrogen (secondary N) is 2. The Hall–Kier alpha value is -4.41. The van der Waals surface area contributed by atoms with E-state index in [2.05, 4.69) is 43.9 Å². The molecule has 0 atom stereocenters. The fraction of sp³-hybridized carbons (Fsp3) is 0.281. The van der Waals surface area contributed by atoms with Crippen molar-refractivity contribution in [3.05, 3.63) is 85.2 Å². The van der Waals surface area contributed by atoms with Crippen LogP contribution in [0.5, 0.6) is 5.75 Å². The molecule has 1 saturated heterocycles. The third-order valence-electron chi connectivity index (χ3n) is 7.35. The second-order valence-corrected chi connectivity index (χ2v) is 10.1. The second kappa shape index (κ2) is 13.5. The molecule has 1 aliphatic heterocycles. The molecule has 0 aliphatic carbocycles. The Bertz CT molecular complexity index is 1550. The molecular formula is C32H34F2N6O2. The first-order chi connectivity index (χ1) is 20.4. The van der Waals surface area contributed by atoms with Crippen LogP contribution >= 0.6 is 0 Å². The Morgan fingerprint density at radius 3 is 2.50 bits per heavy atom. The Morgan fingerprint density at radius 2 is 1.76 bits per heavy atom. The van der Waals surface area contributed by atoms with E-state index in [-0.39, 0.29) is 11.5 Å². The summed E-state index contributed by atoms with van der Waals surface area (Å²) in [5.74, 6) is -0.713. The molecule has 0 saturated carbocycles. The lowest BCUT2D eigenvalue weighted by molar-refractivity contribution is -0.111. The quantitative estimate of drug-likeness (QED) is 0.172. The highest BCUT2D eigenvalue weighted by atomic mass is 19.1. The van der Waals surface area contributed by atoms with Crippen LogP contribution in [-0.4, -0.2) is 71.6 Å². The van der Waals surface area contributed by atoms with E-state index >= 15 is 0 Å². The number of piperazine rings is 1. The van der Waals surface area contributed by atoms with Crippen LogP contribution in [0.4, 0.5) is 26.0 Å². The summed E-state index contributed by atoms with van der Waals surface area (Å²) >= 11 is 0. The van der Waals surface area contributed by atoms with Crippen molar-refractivity contribution in [2.75, 3.05) is 56.5 Å². The van der Waals surface area contributed by atoms with E-state index in [1.54, 1.807) is 36.4 Å². The molecule has 10 heteroatoms. The zero-order chi connectivity index (χ0) is 29.5. The van der Waals surface area contributed by atoms with Gasteiger partial charge in [-0.1, -0.05) is 31.7 Å². The van der Waals surface area contributed by atoms with E-state index in [4.69, 9.17) is 4.74 Å². The third-order valence-corrected chi connectivity index (χ3v) is 7.35. The minimum atomic E-state index is -0.645. The summed E-state index contributed by atoms with van der Waals surface area (Å²) in [5.41, 5.74) is 1.92. The standard InChI is InChI=1S/C32H34F2N6O2/c1-3-30(41)38-28-19-24-27(20-29(28)42-17-7-12-40-15-13-39(4-2)14-16-40)35-21-36-32(24)37-23-9-5-8-22(18-23)31-25(33)10-6-11-26(31)34/h3,5-6,8-11,18-21H,1,4,7,12-17H2,2H3,(H,38,41)(H,35,36,37). The fourth-order valence-corrected chi connectivity index (χ4v) is 5.05. The van der Waals surface area contributed by atoms with E-state index in [0.29, 0.717) is 46.0 Å². The number of aromatic nitrogens is 2. The average molecular weight is 573 g/mol. The van der Waals surface area contributed by atoms with Gasteiger partial charge in [-0.05, 0) is 54.9 Å². The summed E-state index contributed by atoms with van der Waals surface area (Å²) < 4.78 is 35.0. The number of benzene rings is 3. The van der Waals surface area contributed by atoms with Gasteiger partial charge in [0.25, 0.3) is 0 Å². The van der Waals surface area contributed by atoms with Gasteiger partial charge in [0, 0.05) is 49.9 Å². The molecule has 42 heavy (non-hydrogen) atoms. The summed E-state index contributed by atoms with van der Waals surface area (Å²) in [4.78, 5) is 26.0. The predicted octanol–water partition coefficient (Wildman–Crippen LogP) is 5.85. The first-order valence-electron chi connectivity index (χ1n) is 14.1. The van der Waals surface area contributed by atoms with Gasteiger partial charge in [0.05, 0.1) is 23.4 Å². The number of amides is 1. The van der Waals surface area contributed by atoms with Crippen molar-refractivity contribution >= 4 is 34.0 Å². The molecule has 4 aromatic rings. The number of halogens is 2. The van der Waals surface area contributed by atoms with Crippen molar-refractivity contribution in [2.24, 2.45) is 0 Å². The molecule has 1 aliphatic rings. The minimum Gasteiger partial charge on any atom is -0.491 e. The van der Waals surface area contributed by atoms with Gasteiger partial charge in [-0.3, -0.25) is 4.79 Å². The van der Waals surface area contributed by atoms with Gasteiger partial charge in [-0.2, -0.15) is 0 Å². The van der Waals surface area contributed by atoms with Crippen LogP contribution in [0, 0.1) is 11.6 Å². The number of carbonyl (C=O) groups is 1. The monoisotopic (exact) mass is 572 g/mol. The van der Waals surface area contributed by atoms with E-state index < -0.39 is 11.6 Å². The highest BCUT2D eigenvalue weighted by molar-refractivity contribution is 6.03. The number of nitrogens with zero attached hydrogens (tertiary/aromatic N) is 4. The maximum atomic E-state index is 14.4. The molecule has 5 rings (SSSR count). The van der Waals surface area contributed by atoms with Crippen molar-refractivity contribution in [2.45, 2.75) is 13.3 Å². The van der Waals surface area contributed by atoms with E-state index in [9.17, 15) is 13.6 Å².